The summed E-state index contributed by atoms with van der Waals surface area (Å²) in [7, 11) is 0. The number of benzene rings is 1. The van der Waals surface area contributed by atoms with Crippen molar-refractivity contribution >= 4 is 40.1 Å². The van der Waals surface area contributed by atoms with Crippen molar-refractivity contribution in [2.75, 3.05) is 0 Å². The number of hydrogen-bond donors (Lipinski definition) is 1. The van der Waals surface area contributed by atoms with Gasteiger partial charge in [0.1, 0.15) is 0 Å². The van der Waals surface area contributed by atoms with Crippen molar-refractivity contribution in [3.63, 3.8) is 0 Å². The molecular weight excluding hydrogens is 381 g/mol. The molecule has 0 atom stereocenters. The van der Waals surface area contributed by atoms with E-state index in [1.165, 1.54) is 16.8 Å². The van der Waals surface area contributed by atoms with Crippen molar-refractivity contribution in [1.82, 2.24) is 9.78 Å². The van der Waals surface area contributed by atoms with E-state index < -0.39 is 5.91 Å². The summed E-state index contributed by atoms with van der Waals surface area (Å²) in [6.45, 7) is 0.244. The summed E-state index contributed by atoms with van der Waals surface area (Å²) < 4.78 is 2.07. The fourth-order valence-corrected chi connectivity index (χ4v) is 2.15. The van der Waals surface area contributed by atoms with Crippen LogP contribution in [0.4, 0.5) is 0 Å². The minimum Gasteiger partial charge on any atom is -0.366 e. The highest BCUT2D eigenvalue weighted by molar-refractivity contribution is 14.1. The molecule has 2 aromatic rings. The predicted molar refractivity (Wildman–Crippen MR) is 80.3 cm³/mol. The maximum absolute atomic E-state index is 11.7. The first-order valence-electron chi connectivity index (χ1n) is 5.28. The zero-order valence-corrected chi connectivity index (χ0v) is 12.6. The van der Waals surface area contributed by atoms with Crippen molar-refractivity contribution in [3.8, 4) is 0 Å². The van der Waals surface area contributed by atoms with Gasteiger partial charge in [0.05, 0.1) is 12.7 Å². The molecule has 1 amide bonds. The topological polar surface area (TPSA) is 78.0 Å². The third-order valence-electron chi connectivity index (χ3n) is 2.49. The van der Waals surface area contributed by atoms with Crippen molar-refractivity contribution in [3.05, 3.63) is 60.5 Å². The Morgan fingerprint density at radius 2 is 2.16 bits per heavy atom. The molecule has 2 rings (SSSR count). The number of carbonyl (C=O) groups is 1. The second-order valence-corrected chi connectivity index (χ2v) is 5.49. The number of amides is 1. The zero-order chi connectivity index (χ0) is 14.0. The highest BCUT2D eigenvalue weighted by atomic mass is 127. The van der Waals surface area contributed by atoms with Crippen LogP contribution >= 0.6 is 34.2 Å². The molecule has 0 bridgehead atoms. The summed E-state index contributed by atoms with van der Waals surface area (Å²) in [4.78, 5) is 22.7. The van der Waals surface area contributed by atoms with Gasteiger partial charge in [0, 0.05) is 20.2 Å². The van der Waals surface area contributed by atoms with Crippen molar-refractivity contribution in [2.45, 2.75) is 6.54 Å². The van der Waals surface area contributed by atoms with Crippen LogP contribution in [-0.2, 0) is 6.54 Å². The van der Waals surface area contributed by atoms with Gasteiger partial charge in [0.2, 0.25) is 5.91 Å². The number of halogens is 2. The van der Waals surface area contributed by atoms with Crippen LogP contribution in [0.5, 0.6) is 0 Å². The van der Waals surface area contributed by atoms with Gasteiger partial charge in [-0.1, -0.05) is 17.7 Å². The SMILES string of the molecule is NC(=O)c1ccc(Cn2ncc(I)cc2=O)c(Cl)c1. The molecule has 98 valence electrons. The standard InChI is InChI=1S/C12H9ClIN3O2/c13-10-3-7(12(15)19)1-2-8(10)6-17-11(18)4-9(14)5-16-17/h1-5H,6H2,(H2,15,19). The van der Waals surface area contributed by atoms with Gasteiger partial charge in [-0.25, -0.2) is 4.68 Å². The number of carbonyl (C=O) groups excluding carboxylic acids is 1. The Labute approximate surface area is 127 Å². The first kappa shape index (κ1) is 14.0. The third-order valence-corrected chi connectivity index (χ3v) is 3.44. The van der Waals surface area contributed by atoms with Gasteiger partial charge in [-0.15, -0.1) is 0 Å². The van der Waals surface area contributed by atoms with E-state index in [2.05, 4.69) is 5.10 Å². The molecule has 0 fully saturated rings. The fraction of sp³-hybridized carbons (Fsp3) is 0.0833. The van der Waals surface area contributed by atoms with Gasteiger partial charge in [-0.3, -0.25) is 9.59 Å². The van der Waals surface area contributed by atoms with Crippen LogP contribution in [0.3, 0.4) is 0 Å². The molecule has 0 unspecified atom stereocenters. The van der Waals surface area contributed by atoms with Crippen LogP contribution in [0.1, 0.15) is 15.9 Å². The molecule has 2 N–H and O–H groups in total. The fourth-order valence-electron chi connectivity index (χ4n) is 1.52. The second-order valence-electron chi connectivity index (χ2n) is 3.84. The monoisotopic (exact) mass is 389 g/mol. The summed E-state index contributed by atoms with van der Waals surface area (Å²) in [5.41, 5.74) is 5.98. The van der Waals surface area contributed by atoms with Gasteiger partial charge in [-0.05, 0) is 40.3 Å². The van der Waals surface area contributed by atoms with Gasteiger partial charge >= 0.3 is 0 Å². The summed E-state index contributed by atoms with van der Waals surface area (Å²) >= 11 is 8.07. The molecule has 0 spiro atoms. The van der Waals surface area contributed by atoms with Crippen LogP contribution in [-0.4, -0.2) is 15.7 Å². The predicted octanol–water partition coefficient (Wildman–Crippen LogP) is 1.65. The molecule has 0 saturated heterocycles. The molecule has 0 aliphatic heterocycles. The number of nitrogens with two attached hydrogens (primary N) is 1. The number of nitrogens with zero attached hydrogens (tertiary/aromatic N) is 2. The number of aromatic nitrogens is 2. The molecule has 0 saturated carbocycles. The van der Waals surface area contributed by atoms with Crippen LogP contribution in [0.25, 0.3) is 0 Å². The van der Waals surface area contributed by atoms with E-state index >= 15 is 0 Å². The van der Waals surface area contributed by atoms with E-state index in [-0.39, 0.29) is 12.1 Å². The lowest BCUT2D eigenvalue weighted by molar-refractivity contribution is 0.100. The Morgan fingerprint density at radius 3 is 2.74 bits per heavy atom. The first-order valence-corrected chi connectivity index (χ1v) is 6.74. The van der Waals surface area contributed by atoms with Gasteiger partial charge in [-0.2, -0.15) is 5.10 Å². The van der Waals surface area contributed by atoms with Crippen molar-refractivity contribution in [2.24, 2.45) is 5.73 Å². The van der Waals surface area contributed by atoms with Crippen LogP contribution < -0.4 is 11.3 Å². The lowest BCUT2D eigenvalue weighted by atomic mass is 10.1. The highest BCUT2D eigenvalue weighted by Crippen LogP contribution is 2.18. The average molecular weight is 390 g/mol. The van der Waals surface area contributed by atoms with Gasteiger partial charge < -0.3 is 5.73 Å². The first-order chi connectivity index (χ1) is 8.97. The van der Waals surface area contributed by atoms with Gasteiger partial charge in [0.25, 0.3) is 5.56 Å². The summed E-state index contributed by atoms with van der Waals surface area (Å²) in [5, 5.41) is 4.40. The lowest BCUT2D eigenvalue weighted by Gasteiger charge is -2.07. The van der Waals surface area contributed by atoms with E-state index in [0.717, 1.165) is 3.57 Å². The quantitative estimate of drug-likeness (QED) is 0.811. The van der Waals surface area contributed by atoms with E-state index in [0.29, 0.717) is 16.1 Å². The van der Waals surface area contributed by atoms with Crippen LogP contribution in [0, 0.1) is 3.57 Å². The molecule has 0 aliphatic rings. The third kappa shape index (κ3) is 3.32. The second kappa shape index (κ2) is 5.70. The van der Waals surface area contributed by atoms with Gasteiger partial charge in [0.15, 0.2) is 0 Å². The Bertz CT molecular complexity index is 700. The highest BCUT2D eigenvalue weighted by Gasteiger charge is 2.07. The van der Waals surface area contributed by atoms with E-state index in [9.17, 15) is 9.59 Å². The molecular formula is C12H9ClIN3O2. The number of rotatable bonds is 3. The van der Waals surface area contributed by atoms with Crippen LogP contribution in [0.15, 0.2) is 35.3 Å². The maximum Gasteiger partial charge on any atom is 0.268 e. The molecule has 1 aromatic carbocycles. The summed E-state index contributed by atoms with van der Waals surface area (Å²) in [5.74, 6) is -0.544. The summed E-state index contributed by atoms with van der Waals surface area (Å²) in [6.07, 6.45) is 1.59. The van der Waals surface area contributed by atoms with Crippen LogP contribution in [0.2, 0.25) is 5.02 Å². The smallest absolute Gasteiger partial charge is 0.268 e. The number of primary amides is 1. The Kier molecular flexibility index (Phi) is 4.20. The molecule has 1 heterocycles. The lowest BCUT2D eigenvalue weighted by Crippen LogP contribution is -2.23. The molecule has 5 nitrogen and oxygen atoms in total. The number of hydrogen-bond acceptors (Lipinski definition) is 3. The van der Waals surface area contributed by atoms with E-state index in [4.69, 9.17) is 17.3 Å². The summed E-state index contributed by atoms with van der Waals surface area (Å²) in [6, 6.07) is 6.20. The van der Waals surface area contributed by atoms with Crippen molar-refractivity contribution < 1.29 is 4.79 Å². The Morgan fingerprint density at radius 1 is 1.42 bits per heavy atom. The molecule has 1 aromatic heterocycles. The Hall–Kier alpha value is -1.41. The minimum atomic E-state index is -0.544. The minimum absolute atomic E-state index is 0.207. The van der Waals surface area contributed by atoms with E-state index in [1.54, 1.807) is 18.3 Å². The average Bonchev–Trinajstić information content (AvgIpc) is 2.34. The molecule has 0 radical (unpaired) electrons. The molecule has 0 aliphatic carbocycles. The van der Waals surface area contributed by atoms with Crippen molar-refractivity contribution in [1.29, 1.82) is 0 Å². The molecule has 19 heavy (non-hydrogen) atoms. The maximum atomic E-state index is 11.7. The zero-order valence-electron chi connectivity index (χ0n) is 9.64. The molecule has 7 heteroatoms. The normalized spacial score (nSPS) is 10.4. The van der Waals surface area contributed by atoms with E-state index in [1.807, 2.05) is 22.6 Å². The largest absolute Gasteiger partial charge is 0.366 e. The Balaban J connectivity index is 2.33.